The quantitative estimate of drug-likeness (QED) is 0.473. The number of benzene rings is 1. The number of nitrogens with one attached hydrogen (secondary N) is 2. The maximum Gasteiger partial charge on any atom is 0.340 e. The predicted octanol–water partition coefficient (Wildman–Crippen LogP) is 3.49. The summed E-state index contributed by atoms with van der Waals surface area (Å²) in [5, 5.41) is 9.73. The lowest BCUT2D eigenvalue weighted by atomic mass is 9.90. The van der Waals surface area contributed by atoms with E-state index in [1.165, 1.54) is 6.20 Å². The molecule has 32 heavy (non-hydrogen) atoms. The molecule has 0 spiro atoms. The van der Waals surface area contributed by atoms with Crippen molar-refractivity contribution in [3.05, 3.63) is 52.3 Å². The molecule has 3 aromatic rings. The maximum absolute atomic E-state index is 12.4. The van der Waals surface area contributed by atoms with Crippen LogP contribution in [0.15, 0.2) is 45.5 Å². The van der Waals surface area contributed by atoms with E-state index in [1.54, 1.807) is 24.3 Å². The highest BCUT2D eigenvalue weighted by molar-refractivity contribution is 9.10. The minimum absolute atomic E-state index is 0.0265. The molecule has 3 rings (SSSR count). The van der Waals surface area contributed by atoms with E-state index in [1.807, 2.05) is 6.07 Å². The second kappa shape index (κ2) is 9.90. The molecule has 0 aliphatic rings. The number of pyridine rings is 1. The van der Waals surface area contributed by atoms with Crippen LogP contribution < -0.4 is 10.6 Å². The number of halogens is 1. The minimum atomic E-state index is -0.713. The lowest BCUT2D eigenvalue weighted by molar-refractivity contribution is -0.126. The molecular weight excluding hydrogens is 480 g/mol. The van der Waals surface area contributed by atoms with Crippen LogP contribution in [-0.2, 0) is 20.7 Å². The summed E-state index contributed by atoms with van der Waals surface area (Å²) in [4.78, 5) is 40.4. The predicted molar refractivity (Wildman–Crippen MR) is 121 cm³/mol. The van der Waals surface area contributed by atoms with E-state index in [0.717, 1.165) is 4.47 Å². The number of carbonyl (C=O) groups excluding carboxylic acids is 3. The summed E-state index contributed by atoms with van der Waals surface area (Å²) in [5.41, 5.74) is 1.76. The number of para-hydroxylation sites is 1. The van der Waals surface area contributed by atoms with Crippen molar-refractivity contribution in [1.29, 1.82) is 0 Å². The first kappa shape index (κ1) is 23.4. The third-order valence-corrected chi connectivity index (χ3v) is 4.96. The fourth-order valence-corrected chi connectivity index (χ4v) is 3.21. The van der Waals surface area contributed by atoms with Crippen molar-refractivity contribution in [3.8, 4) is 0 Å². The smallest absolute Gasteiger partial charge is 0.340 e. The molecule has 2 amide bonds. The van der Waals surface area contributed by atoms with Crippen LogP contribution in [0.25, 0.3) is 11.1 Å². The number of hydrogen-bond acceptors (Lipinski definition) is 7. The summed E-state index contributed by atoms with van der Waals surface area (Å²) in [6.07, 6.45) is 1.95. The summed E-state index contributed by atoms with van der Waals surface area (Å²) >= 11 is 3.32. The fraction of sp³-hybridized carbons (Fsp3) is 0.318. The third-order valence-electron chi connectivity index (χ3n) is 4.27. The van der Waals surface area contributed by atoms with Gasteiger partial charge in [-0.3, -0.25) is 9.59 Å². The van der Waals surface area contributed by atoms with E-state index in [9.17, 15) is 14.4 Å². The third kappa shape index (κ3) is 6.36. The van der Waals surface area contributed by atoms with Crippen LogP contribution in [0.1, 0.15) is 36.8 Å². The maximum atomic E-state index is 12.4. The Morgan fingerprint density at radius 1 is 1.16 bits per heavy atom. The number of hydrogen-bond donors (Lipinski definition) is 2. The molecule has 2 aromatic heterocycles. The molecular formula is C22H23BrN4O5. The fourth-order valence-electron chi connectivity index (χ4n) is 2.82. The first-order valence-electron chi connectivity index (χ1n) is 9.85. The second-order valence-corrected chi connectivity index (χ2v) is 9.18. The summed E-state index contributed by atoms with van der Waals surface area (Å²) in [6, 6.07) is 8.68. The normalized spacial score (nSPS) is 11.2. The number of rotatable bonds is 7. The Morgan fingerprint density at radius 3 is 2.62 bits per heavy atom. The average Bonchev–Trinajstić information content (AvgIpc) is 3.12. The minimum Gasteiger partial charge on any atom is -0.452 e. The Kier molecular flexibility index (Phi) is 7.24. The number of carbonyl (C=O) groups is 3. The molecule has 10 heteroatoms. The van der Waals surface area contributed by atoms with Gasteiger partial charge in [0.25, 0.3) is 11.6 Å². The molecule has 0 fully saturated rings. The lowest BCUT2D eigenvalue weighted by Gasteiger charge is -2.15. The number of esters is 1. The SMILES string of the molecule is CC(C)(C)Cc1noc2ncc(C(=O)OCC(=O)NCC(=O)Nc3ccccc3Br)cc12. The monoisotopic (exact) mass is 502 g/mol. The summed E-state index contributed by atoms with van der Waals surface area (Å²) in [5.74, 6) is -1.73. The van der Waals surface area contributed by atoms with Gasteiger partial charge in [0.1, 0.15) is 0 Å². The first-order valence-corrected chi connectivity index (χ1v) is 10.6. The summed E-state index contributed by atoms with van der Waals surface area (Å²) < 4.78 is 11.0. The Labute approximate surface area is 193 Å². The summed E-state index contributed by atoms with van der Waals surface area (Å²) in [6.45, 7) is 5.41. The van der Waals surface area contributed by atoms with Crippen molar-refractivity contribution >= 4 is 50.5 Å². The van der Waals surface area contributed by atoms with E-state index in [4.69, 9.17) is 9.26 Å². The van der Waals surface area contributed by atoms with Gasteiger partial charge in [-0.25, -0.2) is 9.78 Å². The standard InChI is InChI=1S/C22H23BrN4O5/c1-22(2,3)9-17-14-8-13(10-25-20(14)32-27-17)21(30)31-12-19(29)24-11-18(28)26-16-7-5-4-6-15(16)23/h4-8,10H,9,11-12H2,1-3H3,(H,24,29)(H,26,28). The van der Waals surface area contributed by atoms with Gasteiger partial charge in [0, 0.05) is 10.7 Å². The zero-order valence-corrected chi connectivity index (χ0v) is 19.5. The van der Waals surface area contributed by atoms with Crippen LogP contribution >= 0.6 is 15.9 Å². The molecule has 2 N–H and O–H groups in total. The van der Waals surface area contributed by atoms with Gasteiger partial charge >= 0.3 is 5.97 Å². The van der Waals surface area contributed by atoms with Crippen molar-refractivity contribution in [3.63, 3.8) is 0 Å². The lowest BCUT2D eigenvalue weighted by Crippen LogP contribution is -2.35. The van der Waals surface area contributed by atoms with E-state index in [0.29, 0.717) is 28.9 Å². The van der Waals surface area contributed by atoms with E-state index >= 15 is 0 Å². The topological polar surface area (TPSA) is 123 Å². The molecule has 0 bridgehead atoms. The van der Waals surface area contributed by atoms with Crippen LogP contribution in [0, 0.1) is 5.41 Å². The molecule has 0 aliphatic carbocycles. The molecule has 0 unspecified atom stereocenters. The van der Waals surface area contributed by atoms with E-state index in [-0.39, 0.29) is 17.5 Å². The van der Waals surface area contributed by atoms with Gasteiger partial charge in [0.15, 0.2) is 6.61 Å². The number of fused-ring (bicyclic) bond motifs is 1. The zero-order chi connectivity index (χ0) is 23.3. The molecule has 1 aromatic carbocycles. The van der Waals surface area contributed by atoms with E-state index in [2.05, 4.69) is 57.5 Å². The average molecular weight is 503 g/mol. The zero-order valence-electron chi connectivity index (χ0n) is 17.9. The van der Waals surface area contributed by atoms with E-state index < -0.39 is 24.4 Å². The number of anilines is 1. The molecule has 9 nitrogen and oxygen atoms in total. The van der Waals surface area contributed by atoms with Crippen LogP contribution in [0.5, 0.6) is 0 Å². The molecule has 0 radical (unpaired) electrons. The number of ether oxygens (including phenoxy) is 1. The second-order valence-electron chi connectivity index (χ2n) is 8.32. The van der Waals surface area contributed by atoms with Crippen molar-refractivity contribution < 1.29 is 23.6 Å². The van der Waals surface area contributed by atoms with Crippen LogP contribution in [-0.4, -0.2) is 41.1 Å². The summed E-state index contributed by atoms with van der Waals surface area (Å²) in [7, 11) is 0. The molecule has 0 saturated heterocycles. The Hall–Kier alpha value is -3.27. The highest BCUT2D eigenvalue weighted by Crippen LogP contribution is 2.26. The molecule has 2 heterocycles. The van der Waals surface area contributed by atoms with Gasteiger partial charge < -0.3 is 19.9 Å². The largest absolute Gasteiger partial charge is 0.452 e. The Morgan fingerprint density at radius 2 is 1.91 bits per heavy atom. The Balaban J connectivity index is 1.52. The van der Waals surface area contributed by atoms with Gasteiger partial charge in [0.05, 0.1) is 28.9 Å². The van der Waals surface area contributed by atoms with Crippen molar-refractivity contribution in [2.24, 2.45) is 5.41 Å². The van der Waals surface area contributed by atoms with Gasteiger partial charge in [-0.2, -0.15) is 0 Å². The molecule has 168 valence electrons. The number of nitrogens with zero attached hydrogens (tertiary/aromatic N) is 2. The molecule has 0 aliphatic heterocycles. The van der Waals surface area contributed by atoms with Crippen molar-refractivity contribution in [2.75, 3.05) is 18.5 Å². The highest BCUT2D eigenvalue weighted by Gasteiger charge is 2.20. The van der Waals surface area contributed by atoms with Gasteiger partial charge in [-0.1, -0.05) is 38.1 Å². The van der Waals surface area contributed by atoms with Crippen molar-refractivity contribution in [2.45, 2.75) is 27.2 Å². The van der Waals surface area contributed by atoms with Gasteiger partial charge in [0.2, 0.25) is 5.91 Å². The first-order chi connectivity index (χ1) is 15.1. The van der Waals surface area contributed by atoms with Crippen molar-refractivity contribution in [1.82, 2.24) is 15.5 Å². The van der Waals surface area contributed by atoms with Gasteiger partial charge in [-0.15, -0.1) is 0 Å². The van der Waals surface area contributed by atoms with Crippen LogP contribution in [0.3, 0.4) is 0 Å². The molecule has 0 saturated carbocycles. The number of aromatic nitrogens is 2. The highest BCUT2D eigenvalue weighted by atomic mass is 79.9. The number of amides is 2. The molecule has 0 atom stereocenters. The van der Waals surface area contributed by atoms with Gasteiger partial charge in [-0.05, 0) is 46.0 Å². The van der Waals surface area contributed by atoms with Crippen LogP contribution in [0.4, 0.5) is 5.69 Å². The Bertz CT molecular complexity index is 1150. The van der Waals surface area contributed by atoms with Crippen LogP contribution in [0.2, 0.25) is 0 Å².